The lowest BCUT2D eigenvalue weighted by atomic mass is 10.1. The van der Waals surface area contributed by atoms with E-state index < -0.39 is 0 Å². The number of rotatable bonds is 8. The first kappa shape index (κ1) is 21.4. The Hall–Kier alpha value is -1.57. The van der Waals surface area contributed by atoms with E-state index in [1.54, 1.807) is 6.08 Å². The molecule has 0 fully saturated rings. The van der Waals surface area contributed by atoms with E-state index in [9.17, 15) is 4.79 Å². The van der Waals surface area contributed by atoms with Gasteiger partial charge < -0.3 is 16.0 Å². The Kier molecular flexibility index (Phi) is 12.0. The molecule has 0 aliphatic carbocycles. The molecule has 1 rings (SSSR count). The second-order valence-electron chi connectivity index (χ2n) is 4.82. The third kappa shape index (κ3) is 8.59. The van der Waals surface area contributed by atoms with Crippen molar-refractivity contribution in [1.82, 2.24) is 16.0 Å². The maximum absolute atomic E-state index is 12.0. The molecule has 6 heteroatoms. The molecule has 1 aromatic carbocycles. The fraction of sp³-hybridized carbons (Fsp3) is 0.412. The Morgan fingerprint density at radius 1 is 1.26 bits per heavy atom. The van der Waals surface area contributed by atoms with Crippen LogP contribution in [0, 0.1) is 0 Å². The van der Waals surface area contributed by atoms with E-state index in [0.29, 0.717) is 25.2 Å². The lowest BCUT2D eigenvalue weighted by Crippen LogP contribution is -2.37. The van der Waals surface area contributed by atoms with E-state index in [1.807, 2.05) is 38.1 Å². The van der Waals surface area contributed by atoms with Gasteiger partial charge in [0.15, 0.2) is 5.96 Å². The van der Waals surface area contributed by atoms with Crippen LogP contribution in [0.3, 0.4) is 0 Å². The monoisotopic (exact) mass is 430 g/mol. The summed E-state index contributed by atoms with van der Waals surface area (Å²) in [5, 5.41) is 9.19. The van der Waals surface area contributed by atoms with Crippen molar-refractivity contribution in [2.24, 2.45) is 4.99 Å². The van der Waals surface area contributed by atoms with Crippen LogP contribution in [0.1, 0.15) is 36.2 Å². The van der Waals surface area contributed by atoms with Crippen molar-refractivity contribution in [3.63, 3.8) is 0 Å². The molecule has 0 atom stereocenters. The van der Waals surface area contributed by atoms with Gasteiger partial charge in [0.25, 0.3) is 5.91 Å². The highest BCUT2D eigenvalue weighted by molar-refractivity contribution is 14.0. The maximum atomic E-state index is 12.0. The molecule has 0 radical (unpaired) electrons. The zero-order valence-corrected chi connectivity index (χ0v) is 16.2. The van der Waals surface area contributed by atoms with Crippen LogP contribution in [-0.2, 0) is 6.54 Å². The normalized spacial score (nSPS) is 10.4. The van der Waals surface area contributed by atoms with Crippen molar-refractivity contribution in [3.05, 3.63) is 48.0 Å². The summed E-state index contributed by atoms with van der Waals surface area (Å²) in [6, 6.07) is 7.55. The molecule has 0 bridgehead atoms. The van der Waals surface area contributed by atoms with Crippen molar-refractivity contribution < 1.29 is 4.79 Å². The predicted octanol–water partition coefficient (Wildman–Crippen LogP) is 2.69. The number of nitrogens with one attached hydrogen (secondary N) is 3. The molecule has 1 aromatic rings. The Morgan fingerprint density at radius 2 is 2.04 bits per heavy atom. The zero-order valence-electron chi connectivity index (χ0n) is 13.9. The number of guanidine groups is 1. The number of amides is 1. The highest BCUT2D eigenvalue weighted by Gasteiger charge is 2.05. The average molecular weight is 430 g/mol. The fourth-order valence-electron chi connectivity index (χ4n) is 1.83. The van der Waals surface area contributed by atoms with Crippen LogP contribution in [0.2, 0.25) is 0 Å². The largest absolute Gasteiger partial charge is 0.357 e. The van der Waals surface area contributed by atoms with Crippen LogP contribution in [0.15, 0.2) is 41.9 Å². The zero-order chi connectivity index (χ0) is 16.2. The molecule has 0 heterocycles. The molecule has 0 spiro atoms. The van der Waals surface area contributed by atoms with Crippen molar-refractivity contribution in [3.8, 4) is 0 Å². The van der Waals surface area contributed by atoms with Gasteiger partial charge in [-0.25, -0.2) is 4.99 Å². The van der Waals surface area contributed by atoms with Gasteiger partial charge in [0.05, 0.1) is 6.54 Å². The van der Waals surface area contributed by atoms with Crippen molar-refractivity contribution in [1.29, 1.82) is 0 Å². The van der Waals surface area contributed by atoms with Gasteiger partial charge in [0.1, 0.15) is 0 Å². The summed E-state index contributed by atoms with van der Waals surface area (Å²) in [5.41, 5.74) is 1.67. The van der Waals surface area contributed by atoms with Crippen LogP contribution in [0.5, 0.6) is 0 Å². The minimum Gasteiger partial charge on any atom is -0.357 e. The standard InChI is InChI=1S/C17H26N4O.HI/c1-4-10-19-16(22)15-9-7-8-14(12-15)13-21-17(18-6-3)20-11-5-2;/h5,7-9,12H,2,4,6,10-11,13H2,1,3H3,(H,19,22)(H2,18,20,21);1H. The van der Waals surface area contributed by atoms with Gasteiger partial charge in [-0.3, -0.25) is 4.79 Å². The molecule has 3 N–H and O–H groups in total. The van der Waals surface area contributed by atoms with Crippen LogP contribution in [0.4, 0.5) is 0 Å². The van der Waals surface area contributed by atoms with Gasteiger partial charge in [-0.05, 0) is 31.0 Å². The molecule has 0 aliphatic rings. The van der Waals surface area contributed by atoms with E-state index in [-0.39, 0.29) is 29.9 Å². The highest BCUT2D eigenvalue weighted by atomic mass is 127. The van der Waals surface area contributed by atoms with Crippen molar-refractivity contribution >= 4 is 35.8 Å². The van der Waals surface area contributed by atoms with Crippen LogP contribution >= 0.6 is 24.0 Å². The molecular weight excluding hydrogens is 403 g/mol. The van der Waals surface area contributed by atoms with Gasteiger partial charge >= 0.3 is 0 Å². The minimum atomic E-state index is -0.0376. The number of benzene rings is 1. The van der Waals surface area contributed by atoms with E-state index in [2.05, 4.69) is 27.5 Å². The maximum Gasteiger partial charge on any atom is 0.251 e. The van der Waals surface area contributed by atoms with Crippen LogP contribution in [-0.4, -0.2) is 31.5 Å². The Bertz CT molecular complexity index is 517. The summed E-state index contributed by atoms with van der Waals surface area (Å²) in [4.78, 5) is 16.5. The summed E-state index contributed by atoms with van der Waals surface area (Å²) in [6.07, 6.45) is 2.71. The first-order valence-electron chi connectivity index (χ1n) is 7.71. The van der Waals surface area contributed by atoms with Crippen LogP contribution < -0.4 is 16.0 Å². The molecule has 23 heavy (non-hydrogen) atoms. The first-order valence-corrected chi connectivity index (χ1v) is 7.71. The van der Waals surface area contributed by atoms with Crippen molar-refractivity contribution in [2.45, 2.75) is 26.8 Å². The number of hydrogen-bond acceptors (Lipinski definition) is 2. The molecule has 5 nitrogen and oxygen atoms in total. The minimum absolute atomic E-state index is 0. The highest BCUT2D eigenvalue weighted by Crippen LogP contribution is 2.06. The first-order chi connectivity index (χ1) is 10.7. The second-order valence-corrected chi connectivity index (χ2v) is 4.82. The molecule has 0 saturated heterocycles. The van der Waals surface area contributed by atoms with Crippen LogP contribution in [0.25, 0.3) is 0 Å². The predicted molar refractivity (Wildman–Crippen MR) is 107 cm³/mol. The molecule has 128 valence electrons. The Labute approximate surface area is 156 Å². The molecule has 0 saturated carbocycles. The summed E-state index contributed by atoms with van der Waals surface area (Å²) < 4.78 is 0. The molecule has 0 aliphatic heterocycles. The van der Waals surface area contributed by atoms with E-state index in [0.717, 1.165) is 24.5 Å². The summed E-state index contributed by atoms with van der Waals surface area (Å²) in [7, 11) is 0. The number of halogens is 1. The summed E-state index contributed by atoms with van der Waals surface area (Å²) in [5.74, 6) is 0.701. The number of aliphatic imine (C=N–C) groups is 1. The summed E-state index contributed by atoms with van der Waals surface area (Å²) >= 11 is 0. The van der Waals surface area contributed by atoms with Crippen molar-refractivity contribution in [2.75, 3.05) is 19.6 Å². The van der Waals surface area contributed by atoms with Gasteiger partial charge in [-0.2, -0.15) is 0 Å². The fourth-order valence-corrected chi connectivity index (χ4v) is 1.83. The number of hydrogen-bond donors (Lipinski definition) is 3. The van der Waals surface area contributed by atoms with E-state index in [1.165, 1.54) is 0 Å². The van der Waals surface area contributed by atoms with E-state index >= 15 is 0 Å². The molecule has 0 aromatic heterocycles. The third-order valence-corrected chi connectivity index (χ3v) is 2.90. The smallest absolute Gasteiger partial charge is 0.251 e. The van der Waals surface area contributed by atoms with Gasteiger partial charge in [0.2, 0.25) is 0 Å². The second kappa shape index (κ2) is 12.9. The van der Waals surface area contributed by atoms with E-state index in [4.69, 9.17) is 0 Å². The molecule has 0 unspecified atom stereocenters. The Morgan fingerprint density at radius 3 is 2.70 bits per heavy atom. The summed E-state index contributed by atoms with van der Waals surface area (Å²) in [6.45, 7) is 10.4. The lowest BCUT2D eigenvalue weighted by Gasteiger charge is -2.10. The lowest BCUT2D eigenvalue weighted by molar-refractivity contribution is 0.0953. The average Bonchev–Trinajstić information content (AvgIpc) is 2.55. The SMILES string of the molecule is C=CCNC(=NCc1cccc(C(=O)NCCC)c1)NCC.I. The number of nitrogens with zero attached hydrogens (tertiary/aromatic N) is 1. The quantitative estimate of drug-likeness (QED) is 0.257. The molecule has 1 amide bonds. The van der Waals surface area contributed by atoms with Gasteiger partial charge in [-0.1, -0.05) is 25.1 Å². The Balaban J connectivity index is 0.00000484. The number of carbonyl (C=O) groups excluding carboxylic acids is 1. The topological polar surface area (TPSA) is 65.5 Å². The van der Waals surface area contributed by atoms with Gasteiger partial charge in [0, 0.05) is 25.2 Å². The number of carbonyl (C=O) groups is 1. The third-order valence-electron chi connectivity index (χ3n) is 2.90. The van der Waals surface area contributed by atoms with Gasteiger partial charge in [-0.15, -0.1) is 30.6 Å². The molecular formula is C17H27IN4O.